The predicted octanol–water partition coefficient (Wildman–Crippen LogP) is 4.99. The highest BCUT2D eigenvalue weighted by atomic mass is 35.5. The largest absolute Gasteiger partial charge is 0.484 e. The monoisotopic (exact) mass is 327 g/mol. The maximum absolute atomic E-state index is 14.0. The molecule has 0 aliphatic rings. The molecule has 0 bridgehead atoms. The molecule has 2 unspecified atom stereocenters. The van der Waals surface area contributed by atoms with Gasteiger partial charge < -0.3 is 10.5 Å². The van der Waals surface area contributed by atoms with E-state index in [0.717, 1.165) is 0 Å². The summed E-state index contributed by atoms with van der Waals surface area (Å²) in [4.78, 5) is 0. The van der Waals surface area contributed by atoms with E-state index in [0.29, 0.717) is 27.8 Å². The predicted molar refractivity (Wildman–Crippen MR) is 84.5 cm³/mol. The van der Waals surface area contributed by atoms with Crippen LogP contribution < -0.4 is 10.5 Å². The lowest BCUT2D eigenvalue weighted by Gasteiger charge is -2.25. The first-order valence-corrected chi connectivity index (χ1v) is 7.40. The highest BCUT2D eigenvalue weighted by Crippen LogP contribution is 2.31. The SMILES string of the molecule is CCC(N)C(Oc1ccc(Cl)c(Cl)c1)c1ccccc1F. The maximum Gasteiger partial charge on any atom is 0.142 e. The average Bonchev–Trinajstić information content (AvgIpc) is 2.48. The molecule has 21 heavy (non-hydrogen) atoms. The van der Waals surface area contributed by atoms with Crippen LogP contribution in [-0.4, -0.2) is 6.04 Å². The van der Waals surface area contributed by atoms with Gasteiger partial charge in [-0.1, -0.05) is 48.3 Å². The van der Waals surface area contributed by atoms with Crippen LogP contribution >= 0.6 is 23.2 Å². The van der Waals surface area contributed by atoms with Crippen molar-refractivity contribution in [1.29, 1.82) is 0 Å². The molecule has 2 N–H and O–H groups in total. The van der Waals surface area contributed by atoms with Crippen molar-refractivity contribution in [3.8, 4) is 5.75 Å². The standard InChI is InChI=1S/C16H16Cl2FNO/c1-2-15(20)16(11-5-3-4-6-14(11)19)21-10-7-8-12(17)13(18)9-10/h3-9,15-16H,2,20H2,1H3. The van der Waals surface area contributed by atoms with Crippen LogP contribution in [-0.2, 0) is 0 Å². The fourth-order valence-electron chi connectivity index (χ4n) is 2.00. The lowest BCUT2D eigenvalue weighted by atomic mass is 10.0. The van der Waals surface area contributed by atoms with E-state index < -0.39 is 6.10 Å². The molecular weight excluding hydrogens is 312 g/mol. The van der Waals surface area contributed by atoms with Gasteiger partial charge in [0.05, 0.1) is 10.0 Å². The Labute approximate surface area is 133 Å². The summed E-state index contributed by atoms with van der Waals surface area (Å²) in [6, 6.07) is 11.0. The lowest BCUT2D eigenvalue weighted by Crippen LogP contribution is -2.32. The number of hydrogen-bond donors (Lipinski definition) is 1. The molecule has 2 rings (SSSR count). The fraction of sp³-hybridized carbons (Fsp3) is 0.250. The van der Waals surface area contributed by atoms with Gasteiger partial charge in [-0.05, 0) is 24.6 Å². The van der Waals surface area contributed by atoms with E-state index in [-0.39, 0.29) is 11.9 Å². The zero-order valence-corrected chi connectivity index (χ0v) is 13.0. The summed E-state index contributed by atoms with van der Waals surface area (Å²) >= 11 is 11.8. The van der Waals surface area contributed by atoms with Crippen molar-refractivity contribution in [2.45, 2.75) is 25.5 Å². The van der Waals surface area contributed by atoms with Crippen LogP contribution in [0.5, 0.6) is 5.75 Å². The minimum absolute atomic E-state index is 0.337. The first-order chi connectivity index (χ1) is 10.0. The van der Waals surface area contributed by atoms with Gasteiger partial charge in [0, 0.05) is 17.7 Å². The Balaban J connectivity index is 2.33. The number of benzene rings is 2. The van der Waals surface area contributed by atoms with Crippen LogP contribution in [0, 0.1) is 5.82 Å². The third kappa shape index (κ3) is 3.88. The molecule has 2 nitrogen and oxygen atoms in total. The zero-order valence-electron chi connectivity index (χ0n) is 11.5. The van der Waals surface area contributed by atoms with Crippen LogP contribution in [0.25, 0.3) is 0 Å². The van der Waals surface area contributed by atoms with Crippen molar-refractivity contribution in [3.63, 3.8) is 0 Å². The second kappa shape index (κ2) is 7.12. The van der Waals surface area contributed by atoms with Crippen LogP contribution in [0.1, 0.15) is 25.0 Å². The van der Waals surface area contributed by atoms with Crippen molar-refractivity contribution in [1.82, 2.24) is 0 Å². The smallest absolute Gasteiger partial charge is 0.142 e. The minimum atomic E-state index is -0.589. The van der Waals surface area contributed by atoms with Gasteiger partial charge in [0.15, 0.2) is 0 Å². The topological polar surface area (TPSA) is 35.2 Å². The van der Waals surface area contributed by atoms with Gasteiger partial charge in [-0.15, -0.1) is 0 Å². The van der Waals surface area contributed by atoms with E-state index in [2.05, 4.69) is 0 Å². The Bertz CT molecular complexity index is 621. The Hall–Kier alpha value is -1.29. The molecule has 0 aliphatic carbocycles. The van der Waals surface area contributed by atoms with Crippen molar-refractivity contribution in [3.05, 3.63) is 63.9 Å². The maximum atomic E-state index is 14.0. The lowest BCUT2D eigenvalue weighted by molar-refractivity contribution is 0.166. The van der Waals surface area contributed by atoms with E-state index in [4.69, 9.17) is 33.7 Å². The van der Waals surface area contributed by atoms with Crippen molar-refractivity contribution < 1.29 is 9.13 Å². The molecule has 0 aliphatic heterocycles. The van der Waals surface area contributed by atoms with Crippen LogP contribution in [0.3, 0.4) is 0 Å². The molecule has 0 radical (unpaired) electrons. The second-order valence-corrected chi connectivity index (χ2v) is 5.52. The zero-order chi connectivity index (χ0) is 15.4. The Morgan fingerprint density at radius 3 is 2.48 bits per heavy atom. The summed E-state index contributed by atoms with van der Waals surface area (Å²) < 4.78 is 19.9. The molecule has 2 aromatic carbocycles. The molecule has 0 saturated carbocycles. The first-order valence-electron chi connectivity index (χ1n) is 6.64. The molecule has 0 amide bonds. The minimum Gasteiger partial charge on any atom is -0.484 e. The van der Waals surface area contributed by atoms with Crippen LogP contribution in [0.2, 0.25) is 10.0 Å². The molecule has 0 heterocycles. The van der Waals surface area contributed by atoms with Gasteiger partial charge in [0.1, 0.15) is 17.7 Å². The highest BCUT2D eigenvalue weighted by Gasteiger charge is 2.23. The molecule has 0 fully saturated rings. The van der Waals surface area contributed by atoms with Crippen molar-refractivity contribution in [2.75, 3.05) is 0 Å². The highest BCUT2D eigenvalue weighted by molar-refractivity contribution is 6.42. The van der Waals surface area contributed by atoms with Gasteiger partial charge in [0.2, 0.25) is 0 Å². The quantitative estimate of drug-likeness (QED) is 0.839. The normalized spacial score (nSPS) is 13.8. The number of hydrogen-bond acceptors (Lipinski definition) is 2. The molecule has 2 atom stereocenters. The molecule has 5 heteroatoms. The average molecular weight is 328 g/mol. The van der Waals surface area contributed by atoms with Crippen LogP contribution in [0.15, 0.2) is 42.5 Å². The Morgan fingerprint density at radius 2 is 1.86 bits per heavy atom. The molecule has 2 aromatic rings. The molecule has 112 valence electrons. The molecule has 0 spiro atoms. The summed E-state index contributed by atoms with van der Waals surface area (Å²) in [5, 5.41) is 0.817. The number of nitrogens with two attached hydrogens (primary N) is 1. The van der Waals surface area contributed by atoms with Gasteiger partial charge in [-0.25, -0.2) is 4.39 Å². The summed E-state index contributed by atoms with van der Waals surface area (Å²) in [5.41, 5.74) is 6.51. The molecular formula is C16H16Cl2FNO. The fourth-order valence-corrected chi connectivity index (χ4v) is 2.29. The molecule has 0 saturated heterocycles. The summed E-state index contributed by atoms with van der Waals surface area (Å²) in [6.45, 7) is 1.93. The third-order valence-corrected chi connectivity index (χ3v) is 3.97. The van der Waals surface area contributed by atoms with E-state index in [1.165, 1.54) is 6.07 Å². The van der Waals surface area contributed by atoms with Gasteiger partial charge in [-0.3, -0.25) is 0 Å². The second-order valence-electron chi connectivity index (χ2n) is 4.71. The van der Waals surface area contributed by atoms with Gasteiger partial charge in [0.25, 0.3) is 0 Å². The Morgan fingerprint density at radius 1 is 1.14 bits per heavy atom. The first kappa shape index (κ1) is 16.1. The van der Waals surface area contributed by atoms with Gasteiger partial charge in [-0.2, -0.15) is 0 Å². The van der Waals surface area contributed by atoms with E-state index >= 15 is 0 Å². The van der Waals surface area contributed by atoms with Crippen LogP contribution in [0.4, 0.5) is 4.39 Å². The van der Waals surface area contributed by atoms with E-state index in [1.807, 2.05) is 6.92 Å². The van der Waals surface area contributed by atoms with E-state index in [9.17, 15) is 4.39 Å². The number of rotatable bonds is 5. The number of halogens is 3. The number of ether oxygens (including phenoxy) is 1. The summed E-state index contributed by atoms with van der Waals surface area (Å²) in [5.74, 6) is 0.160. The summed E-state index contributed by atoms with van der Waals surface area (Å²) in [6.07, 6.45) is 0.0637. The van der Waals surface area contributed by atoms with Crippen molar-refractivity contribution >= 4 is 23.2 Å². The third-order valence-electron chi connectivity index (χ3n) is 3.23. The van der Waals surface area contributed by atoms with Gasteiger partial charge >= 0.3 is 0 Å². The Kier molecular flexibility index (Phi) is 5.45. The molecule has 0 aromatic heterocycles. The van der Waals surface area contributed by atoms with E-state index in [1.54, 1.807) is 36.4 Å². The summed E-state index contributed by atoms with van der Waals surface area (Å²) in [7, 11) is 0. The van der Waals surface area contributed by atoms with Crippen molar-refractivity contribution in [2.24, 2.45) is 5.73 Å².